The van der Waals surface area contributed by atoms with Gasteiger partial charge in [0.1, 0.15) is 25.4 Å². The number of allylic oxidation sites excluding steroid dienone is 4. The molecule has 3 saturated carbocycles. The Bertz CT molecular complexity index is 1370. The van der Waals surface area contributed by atoms with Gasteiger partial charge in [-0.05, 0) is 56.1 Å². The minimum absolute atomic E-state index is 0.00279. The molecule has 0 spiro atoms. The Morgan fingerprint density at radius 1 is 1.12 bits per heavy atom. The van der Waals surface area contributed by atoms with Crippen LogP contribution in [0.5, 0.6) is 0 Å². The number of Topliss-reactive ketones (excluding diaryl/α,β-unsaturated/α-hetero) is 1. The molecule has 0 aromatic carbocycles. The summed E-state index contributed by atoms with van der Waals surface area (Å²) in [4.78, 5) is 60.5. The molecular weight excluding hydrogens is 666 g/mol. The van der Waals surface area contributed by atoms with Crippen LogP contribution in [0.3, 0.4) is 0 Å². The molecule has 18 heteroatoms. The van der Waals surface area contributed by atoms with E-state index in [2.05, 4.69) is 16.6 Å². The molecule has 4 aliphatic carbocycles. The number of rotatable bonds is 15. The van der Waals surface area contributed by atoms with Gasteiger partial charge < -0.3 is 29.8 Å². The van der Waals surface area contributed by atoms with Crippen molar-refractivity contribution in [1.82, 2.24) is 10.8 Å². The molecule has 50 heavy (non-hydrogen) atoms. The van der Waals surface area contributed by atoms with Crippen LogP contribution in [-0.2, 0) is 47.8 Å². The molecular formula is C32H47N3O15. The van der Waals surface area contributed by atoms with E-state index in [0.29, 0.717) is 19.3 Å². The zero-order valence-corrected chi connectivity index (χ0v) is 28.2. The second kappa shape index (κ2) is 15.1. The number of hydrogen-bond donors (Lipinski definition) is 6. The largest absolute Gasteiger partial charge is 0.462 e. The molecule has 0 aromatic heterocycles. The average molecular weight is 714 g/mol. The van der Waals surface area contributed by atoms with Crippen molar-refractivity contribution in [2.75, 3.05) is 19.8 Å². The third-order valence-corrected chi connectivity index (χ3v) is 11.3. The topological polar surface area (TPSA) is 257 Å². The number of nitrogens with two attached hydrogens (primary N) is 1. The van der Waals surface area contributed by atoms with E-state index in [1.165, 1.54) is 0 Å². The van der Waals surface area contributed by atoms with Gasteiger partial charge in [-0.2, -0.15) is 0 Å². The SMILES string of the molecule is CCCC1O[C@@H]2CC3[C@@H]4CCC5=CC(=O)C=C[C@]5(C)C4[C@@H](O)C[C@]3(C)[C@]2(C(=O)COC(=O)CC(N)C(=O)OCC(CON(O)O)ON(O)O)O1. The van der Waals surface area contributed by atoms with E-state index >= 15 is 0 Å². The molecule has 0 bridgehead atoms. The Kier molecular flexibility index (Phi) is 11.6. The highest BCUT2D eigenvalue weighted by molar-refractivity contribution is 6.01. The molecule has 5 unspecified atom stereocenters. The summed E-state index contributed by atoms with van der Waals surface area (Å²) < 4.78 is 23.2. The molecule has 4 fully saturated rings. The van der Waals surface area contributed by atoms with Gasteiger partial charge in [-0.1, -0.05) is 38.8 Å². The van der Waals surface area contributed by atoms with E-state index in [-0.39, 0.29) is 30.0 Å². The highest BCUT2D eigenvalue weighted by atomic mass is 17.1. The number of ketones is 2. The summed E-state index contributed by atoms with van der Waals surface area (Å²) in [6.45, 7) is 3.86. The number of esters is 2. The van der Waals surface area contributed by atoms with Crippen LogP contribution in [0.25, 0.3) is 0 Å². The first-order chi connectivity index (χ1) is 23.5. The monoisotopic (exact) mass is 713 g/mol. The van der Waals surface area contributed by atoms with Crippen molar-refractivity contribution in [2.24, 2.45) is 34.3 Å². The zero-order valence-electron chi connectivity index (χ0n) is 28.2. The predicted octanol–water partition coefficient (Wildman–Crippen LogP) is 0.921. The lowest BCUT2D eigenvalue weighted by Gasteiger charge is -2.59. The molecule has 1 aliphatic heterocycles. The van der Waals surface area contributed by atoms with Gasteiger partial charge in [-0.3, -0.25) is 40.0 Å². The quantitative estimate of drug-likeness (QED) is 0.102. The Balaban J connectivity index is 1.26. The maximum absolute atomic E-state index is 14.3. The maximum atomic E-state index is 14.3. The number of carbonyl (C=O) groups is 4. The van der Waals surface area contributed by atoms with Crippen molar-refractivity contribution in [3.05, 3.63) is 23.8 Å². The molecule has 1 saturated heterocycles. The number of carbonyl (C=O) groups excluding carboxylic acids is 4. The Morgan fingerprint density at radius 2 is 1.86 bits per heavy atom. The molecule has 18 nitrogen and oxygen atoms in total. The standard InChI is InChI=1S/C32H47N3O15/c1-4-5-27-48-25-11-21-20-7-6-17-10-18(36)8-9-30(17,2)28(20)23(37)13-31(21,3)32(25,49-27)24(38)16-45-26(39)12-22(33)29(40)46-14-19(50-35(43)44)15-47-34(41)42/h8-10,19-23,25,27-28,37,41-44H,4-7,11-16,33H2,1-3H3/t19?,20-,21?,22?,23-,25+,27?,28?,30-,31-,32+/m0/s1. The zero-order chi connectivity index (χ0) is 36.6. The van der Waals surface area contributed by atoms with Gasteiger partial charge in [-0.15, -0.1) is 0 Å². The highest BCUT2D eigenvalue weighted by Crippen LogP contribution is 2.69. The molecule has 11 atom stereocenters. The summed E-state index contributed by atoms with van der Waals surface area (Å²) in [6.07, 6.45) is 4.32. The van der Waals surface area contributed by atoms with Gasteiger partial charge >= 0.3 is 11.9 Å². The van der Waals surface area contributed by atoms with Crippen LogP contribution in [0, 0.1) is 28.6 Å². The number of aliphatic hydroxyl groups excluding tert-OH is 1. The fraction of sp³-hybridized carbons (Fsp3) is 0.750. The van der Waals surface area contributed by atoms with Crippen molar-refractivity contribution in [2.45, 2.75) is 102 Å². The predicted molar refractivity (Wildman–Crippen MR) is 162 cm³/mol. The first-order valence-electron chi connectivity index (χ1n) is 16.8. The summed E-state index contributed by atoms with van der Waals surface area (Å²) in [5, 5.41) is 45.5. The van der Waals surface area contributed by atoms with E-state index in [4.69, 9.17) is 45.5 Å². The van der Waals surface area contributed by atoms with E-state index < -0.39 is 102 Å². The lowest BCUT2D eigenvalue weighted by atomic mass is 9.46. The van der Waals surface area contributed by atoms with E-state index in [1.54, 1.807) is 12.2 Å². The van der Waals surface area contributed by atoms with Gasteiger partial charge in [0.15, 0.2) is 24.3 Å². The third kappa shape index (κ3) is 7.17. The van der Waals surface area contributed by atoms with Crippen LogP contribution in [0.4, 0.5) is 0 Å². The first kappa shape index (κ1) is 38.5. The van der Waals surface area contributed by atoms with Gasteiger partial charge in [0.2, 0.25) is 5.78 Å². The summed E-state index contributed by atoms with van der Waals surface area (Å²) in [7, 11) is 0. The van der Waals surface area contributed by atoms with E-state index in [1.807, 2.05) is 19.9 Å². The van der Waals surface area contributed by atoms with Crippen molar-refractivity contribution >= 4 is 23.5 Å². The maximum Gasteiger partial charge on any atom is 0.323 e. The lowest BCUT2D eigenvalue weighted by Crippen LogP contribution is -2.63. The normalized spacial score (nSPS) is 37.0. The van der Waals surface area contributed by atoms with Crippen molar-refractivity contribution < 1.29 is 73.7 Å². The van der Waals surface area contributed by atoms with E-state index in [0.717, 1.165) is 18.4 Å². The van der Waals surface area contributed by atoms with Gasteiger partial charge in [0, 0.05) is 16.7 Å². The van der Waals surface area contributed by atoms with Crippen LogP contribution >= 0.6 is 0 Å². The molecule has 5 rings (SSSR count). The van der Waals surface area contributed by atoms with Crippen LogP contribution in [0.2, 0.25) is 0 Å². The van der Waals surface area contributed by atoms with Gasteiger partial charge in [-0.25, -0.2) is 9.68 Å². The van der Waals surface area contributed by atoms with Gasteiger partial charge in [0.05, 0.1) is 29.4 Å². The first-order valence-corrected chi connectivity index (χ1v) is 16.8. The minimum Gasteiger partial charge on any atom is -0.462 e. The minimum atomic E-state index is -1.55. The fourth-order valence-electron chi connectivity index (χ4n) is 9.25. The molecule has 0 radical (unpaired) electrons. The number of ether oxygens (including phenoxy) is 4. The number of nitrogens with zero attached hydrogens (tertiary/aromatic N) is 2. The molecule has 1 heterocycles. The van der Waals surface area contributed by atoms with Crippen molar-refractivity contribution in [3.63, 3.8) is 0 Å². The Labute approximate surface area is 288 Å². The number of fused-ring (bicyclic) bond motifs is 7. The summed E-state index contributed by atoms with van der Waals surface area (Å²) in [5.41, 5.74) is 3.93. The summed E-state index contributed by atoms with van der Waals surface area (Å²) in [5.74, 6) is -2.93. The van der Waals surface area contributed by atoms with Crippen LogP contribution in [0.1, 0.15) is 65.7 Å². The van der Waals surface area contributed by atoms with Crippen LogP contribution in [0.15, 0.2) is 23.8 Å². The molecule has 7 N–H and O–H groups in total. The highest BCUT2D eigenvalue weighted by Gasteiger charge is 2.75. The van der Waals surface area contributed by atoms with E-state index in [9.17, 15) is 24.3 Å². The third-order valence-electron chi connectivity index (χ3n) is 11.3. The van der Waals surface area contributed by atoms with Gasteiger partial charge in [0.25, 0.3) is 0 Å². The number of aliphatic hydroxyl groups is 1. The molecule has 280 valence electrons. The summed E-state index contributed by atoms with van der Waals surface area (Å²) in [6, 6.07) is -1.55. The molecule has 5 aliphatic rings. The average Bonchev–Trinajstić information content (AvgIpc) is 3.52. The Morgan fingerprint density at radius 3 is 2.54 bits per heavy atom. The lowest BCUT2D eigenvalue weighted by molar-refractivity contribution is -0.527. The smallest absolute Gasteiger partial charge is 0.323 e. The van der Waals surface area contributed by atoms with Crippen LogP contribution < -0.4 is 5.73 Å². The number of hydrogen-bond acceptors (Lipinski definition) is 18. The molecule has 0 amide bonds. The fourth-order valence-corrected chi connectivity index (χ4v) is 9.25. The van der Waals surface area contributed by atoms with Crippen LogP contribution in [-0.4, -0.2) is 116 Å². The summed E-state index contributed by atoms with van der Waals surface area (Å²) >= 11 is 0. The molecule has 0 aromatic rings. The second-order valence-corrected chi connectivity index (χ2v) is 14.2. The van der Waals surface area contributed by atoms with Crippen molar-refractivity contribution in [1.29, 1.82) is 0 Å². The van der Waals surface area contributed by atoms with Crippen molar-refractivity contribution in [3.8, 4) is 0 Å². The Hall–Kier alpha value is -2.72. The second-order valence-electron chi connectivity index (χ2n) is 14.2.